The van der Waals surface area contributed by atoms with Gasteiger partial charge in [-0.1, -0.05) is 0 Å². The Hall–Kier alpha value is 0.311. The van der Waals surface area contributed by atoms with Crippen LogP contribution in [0.4, 0.5) is 0 Å². The molecule has 0 radical (unpaired) electrons. The van der Waals surface area contributed by atoms with Crippen LogP contribution < -0.4 is 0 Å². The van der Waals surface area contributed by atoms with Gasteiger partial charge in [0.2, 0.25) is 0 Å². The molecule has 0 aliphatic rings. The van der Waals surface area contributed by atoms with Crippen LogP contribution in [0.25, 0.3) is 0 Å². The van der Waals surface area contributed by atoms with Crippen molar-refractivity contribution in [3.8, 4) is 0 Å². The van der Waals surface area contributed by atoms with E-state index in [0.717, 1.165) is 0 Å². The van der Waals surface area contributed by atoms with Crippen molar-refractivity contribution in [1.82, 2.24) is 0 Å². The van der Waals surface area contributed by atoms with Crippen molar-refractivity contribution in [2.75, 3.05) is 25.0 Å². The van der Waals surface area contributed by atoms with E-state index >= 15 is 0 Å². The maximum absolute atomic E-state index is 11.0. The van der Waals surface area contributed by atoms with E-state index in [9.17, 15) is 25.9 Å². The third kappa shape index (κ3) is 10.0. The maximum Gasteiger partial charge on any atom is 0.340 e. The largest absolute Gasteiger partial charge is 0.748 e. The monoisotopic (exact) mass is 426 g/mol. The molecule has 0 spiro atoms. The molecule has 0 aromatic heterocycles. The van der Waals surface area contributed by atoms with Crippen molar-refractivity contribution in [3.63, 3.8) is 0 Å². The van der Waals surface area contributed by atoms with Crippen LogP contribution in [-0.2, 0) is 37.3 Å². The summed E-state index contributed by atoms with van der Waals surface area (Å²) in [5.74, 6) is 0. The molecule has 0 rings (SSSR count). The predicted molar refractivity (Wildman–Crippen MR) is 86.0 cm³/mol. The molecule has 0 bridgehead atoms. The Bertz CT molecular complexity index is 554. The van der Waals surface area contributed by atoms with Crippen molar-refractivity contribution in [2.45, 2.75) is 26.2 Å². The zero-order chi connectivity index (χ0) is 18.7. The molecule has 2 atom stereocenters. The minimum absolute atomic E-state index is 0.818. The van der Waals surface area contributed by atoms with E-state index in [-0.39, 0.29) is 0 Å². The van der Waals surface area contributed by atoms with Crippen LogP contribution in [-0.4, -0.2) is 76.6 Å². The predicted octanol–water partition coefficient (Wildman–Crippen LogP) is -0.673. The van der Waals surface area contributed by atoms with Crippen LogP contribution in [0.15, 0.2) is 0 Å². The molecule has 0 aromatic carbocycles. The van der Waals surface area contributed by atoms with E-state index in [0.29, 0.717) is 0 Å². The van der Waals surface area contributed by atoms with Gasteiger partial charge >= 0.3 is 25.7 Å². The molecule has 0 saturated carbocycles. The zero-order valence-corrected chi connectivity index (χ0v) is 18.4. The second-order valence-electron chi connectivity index (χ2n) is 5.68. The molecule has 0 amide bonds. The van der Waals surface area contributed by atoms with Gasteiger partial charge in [0.1, 0.15) is 0 Å². The van der Waals surface area contributed by atoms with Crippen molar-refractivity contribution in [2.24, 2.45) is 0 Å². The molecule has 0 saturated heterocycles. The van der Waals surface area contributed by atoms with Crippen LogP contribution in [0.3, 0.4) is 0 Å². The second-order valence-corrected chi connectivity index (χ2v) is 20.0. The summed E-state index contributed by atoms with van der Waals surface area (Å²) >= 11 is 0. The van der Waals surface area contributed by atoms with Crippen LogP contribution in [0.1, 0.15) is 0 Å². The summed E-state index contributed by atoms with van der Waals surface area (Å²) < 4.78 is 87.4. The average Bonchev–Trinajstić information content (AvgIpc) is 2.21. The van der Waals surface area contributed by atoms with E-state index in [1.165, 1.54) is 40.4 Å². The molecule has 15 heteroatoms. The van der Waals surface area contributed by atoms with Crippen molar-refractivity contribution in [1.29, 1.82) is 0 Å². The van der Waals surface area contributed by atoms with Gasteiger partial charge in [-0.2, -0.15) is 0 Å². The lowest BCUT2D eigenvalue weighted by molar-refractivity contribution is 0.245. The summed E-state index contributed by atoms with van der Waals surface area (Å²) in [5.41, 5.74) is 0. The molecule has 0 heterocycles. The molecular weight excluding hydrogens is 404 g/mol. The number of rotatable bonds is 10. The summed E-state index contributed by atoms with van der Waals surface area (Å²) in [5, 5.41) is -1.64. The molecule has 0 fully saturated rings. The van der Waals surface area contributed by atoms with Gasteiger partial charge in [0.05, 0.1) is 31.0 Å². The molecular formula is C8H22O10S2Si3-2. The van der Waals surface area contributed by atoms with E-state index in [1.54, 1.807) is 0 Å². The van der Waals surface area contributed by atoms with E-state index < -0.39 is 56.7 Å². The van der Waals surface area contributed by atoms with Gasteiger partial charge in [0.25, 0.3) is 0 Å². The normalized spacial score (nSPS) is 19.1. The highest BCUT2D eigenvalue weighted by atomic mass is 32.2. The Morgan fingerprint density at radius 3 is 1.17 bits per heavy atom. The molecule has 2 unspecified atom stereocenters. The van der Waals surface area contributed by atoms with E-state index in [1.807, 2.05) is 0 Å². The first-order valence-electron chi connectivity index (χ1n) is 6.33. The summed E-state index contributed by atoms with van der Waals surface area (Å²) in [4.78, 5) is 0. The lowest BCUT2D eigenvalue weighted by atomic mass is 11.8. The number of hydrogen-bond donors (Lipinski definition) is 0. The third-order valence-electron chi connectivity index (χ3n) is 2.66. The number of hydrogen-bond acceptors (Lipinski definition) is 10. The topological polar surface area (TPSA) is 151 Å². The van der Waals surface area contributed by atoms with Gasteiger partial charge in [0.15, 0.2) is 0 Å². The molecule has 0 N–H and O–H groups in total. The van der Waals surface area contributed by atoms with E-state index in [4.69, 9.17) is 17.1 Å². The Kier molecular flexibility index (Phi) is 7.79. The SMILES string of the molecule is CO[Si](C)(CS(=O)(=O)[O-])O[Si](C)(C)O[Si](C)(CS(=O)(=O)[O-])OC. The standard InChI is InChI=1S/C8H24O10S2Si3/c1-15-22(5,7-19(9,10)11)17-21(3,4)18-23(6,16-2)8-20(12,13)14/h7-8H2,1-6H3,(H,9,10,11)(H,12,13,14)/p-2. The quantitative estimate of drug-likeness (QED) is 0.324. The highest BCUT2D eigenvalue weighted by molar-refractivity contribution is 7.87. The van der Waals surface area contributed by atoms with Crippen LogP contribution >= 0.6 is 0 Å². The van der Waals surface area contributed by atoms with Crippen molar-refractivity contribution < 1.29 is 43.0 Å². The fraction of sp³-hybridized carbons (Fsp3) is 1.00. The first-order valence-corrected chi connectivity index (χ1v) is 17.3. The highest BCUT2D eigenvalue weighted by Gasteiger charge is 2.46. The third-order valence-corrected chi connectivity index (χ3v) is 18.8. The molecule has 0 aliphatic heterocycles. The average molecular weight is 427 g/mol. The summed E-state index contributed by atoms with van der Waals surface area (Å²) in [7, 11) is -16.7. The minimum atomic E-state index is -4.58. The lowest BCUT2D eigenvalue weighted by Gasteiger charge is -2.39. The first-order chi connectivity index (χ1) is 9.95. The molecule has 10 nitrogen and oxygen atoms in total. The Labute approximate surface area is 140 Å². The Morgan fingerprint density at radius 1 is 0.739 bits per heavy atom. The minimum Gasteiger partial charge on any atom is -0.748 e. The van der Waals surface area contributed by atoms with Crippen LogP contribution in [0.2, 0.25) is 26.2 Å². The highest BCUT2D eigenvalue weighted by Crippen LogP contribution is 2.23. The zero-order valence-electron chi connectivity index (χ0n) is 13.8. The summed E-state index contributed by atoms with van der Waals surface area (Å²) in [6, 6.07) is 0. The van der Waals surface area contributed by atoms with Gasteiger partial charge in [0, 0.05) is 14.2 Å². The van der Waals surface area contributed by atoms with Gasteiger partial charge < -0.3 is 26.2 Å². The summed E-state index contributed by atoms with van der Waals surface area (Å²) in [6.45, 7) is 5.82. The molecule has 140 valence electrons. The van der Waals surface area contributed by atoms with Gasteiger partial charge in [-0.25, -0.2) is 16.8 Å². The Balaban J connectivity index is 5.31. The molecule has 0 aromatic rings. The molecule has 0 aliphatic carbocycles. The fourth-order valence-corrected chi connectivity index (χ4v) is 19.1. The van der Waals surface area contributed by atoms with Crippen LogP contribution in [0, 0.1) is 0 Å². The first kappa shape index (κ1) is 23.3. The second kappa shape index (κ2) is 7.68. The van der Waals surface area contributed by atoms with Gasteiger partial charge in [-0.3, -0.25) is 0 Å². The van der Waals surface area contributed by atoms with Crippen molar-refractivity contribution in [3.05, 3.63) is 0 Å². The smallest absolute Gasteiger partial charge is 0.340 e. The fourth-order valence-electron chi connectivity index (χ4n) is 1.96. The molecule has 23 heavy (non-hydrogen) atoms. The van der Waals surface area contributed by atoms with Crippen LogP contribution in [0.5, 0.6) is 0 Å². The lowest BCUT2D eigenvalue weighted by Crippen LogP contribution is -2.60. The van der Waals surface area contributed by atoms with E-state index in [2.05, 4.69) is 0 Å². The van der Waals surface area contributed by atoms with Gasteiger partial charge in [-0.15, -0.1) is 0 Å². The Morgan fingerprint density at radius 2 is 1.00 bits per heavy atom. The maximum atomic E-state index is 11.0. The van der Waals surface area contributed by atoms with Crippen molar-refractivity contribution >= 4 is 45.9 Å². The summed E-state index contributed by atoms with van der Waals surface area (Å²) in [6.07, 6.45) is 0. The van der Waals surface area contributed by atoms with Gasteiger partial charge in [-0.05, 0) is 26.2 Å².